The molecule has 0 radical (unpaired) electrons. The van der Waals surface area contributed by atoms with Gasteiger partial charge in [0, 0.05) is 46.7 Å². The van der Waals surface area contributed by atoms with Crippen molar-refractivity contribution in [1.29, 1.82) is 0 Å². The van der Waals surface area contributed by atoms with Crippen LogP contribution < -0.4 is 92.5 Å². The lowest BCUT2D eigenvalue weighted by Crippen LogP contribution is -2.62. The molecule has 35 nitrogen and oxygen atoms in total. The number of nitrogens with one attached hydrogen (secondary N) is 12. The van der Waals surface area contributed by atoms with Crippen LogP contribution in [-0.4, -0.2) is 228 Å². The van der Waals surface area contributed by atoms with Crippen molar-refractivity contribution >= 4 is 106 Å². The van der Waals surface area contributed by atoms with E-state index in [-0.39, 0.29) is 83.1 Å². The number of ether oxygens (including phenoxy) is 1. The molecular weight excluding hydrogens is 1350 g/mol. The summed E-state index contributed by atoms with van der Waals surface area (Å²) >= 11 is 1.27. The van der Waals surface area contributed by atoms with E-state index in [1.54, 1.807) is 86.8 Å². The second-order valence-electron chi connectivity index (χ2n) is 24.4. The summed E-state index contributed by atoms with van der Waals surface area (Å²) in [6.07, 6.45) is -0.751. The van der Waals surface area contributed by atoms with Crippen LogP contribution >= 0.6 is 11.8 Å². The highest BCUT2D eigenvalue weighted by Crippen LogP contribution is 2.34. The average molecular weight is 1440 g/mol. The number of aliphatic hydroxyl groups is 3. The highest BCUT2D eigenvalue weighted by atomic mass is 32.2. The van der Waals surface area contributed by atoms with Gasteiger partial charge in [0.25, 0.3) is 11.8 Å². The molecule has 3 heterocycles. The normalized spacial score (nSPS) is 20.7. The van der Waals surface area contributed by atoms with Gasteiger partial charge >= 0.3 is 6.09 Å². The van der Waals surface area contributed by atoms with Crippen molar-refractivity contribution in [3.63, 3.8) is 0 Å². The van der Waals surface area contributed by atoms with Crippen molar-refractivity contribution < 1.29 is 77.6 Å². The van der Waals surface area contributed by atoms with Crippen molar-refractivity contribution in [1.82, 2.24) is 73.4 Å². The summed E-state index contributed by atoms with van der Waals surface area (Å²) in [5.41, 5.74) is 31.3. The Morgan fingerprint density at radius 3 is 2.01 bits per heavy atom. The maximum absolute atomic E-state index is 14.4. The van der Waals surface area contributed by atoms with Crippen LogP contribution in [0.1, 0.15) is 94.3 Å². The van der Waals surface area contributed by atoms with E-state index in [1.165, 1.54) is 36.5 Å². The fourth-order valence-corrected chi connectivity index (χ4v) is 11.6. The third kappa shape index (κ3) is 25.5. The van der Waals surface area contributed by atoms with Gasteiger partial charge in [-0.2, -0.15) is 0 Å². The average Bonchev–Trinajstić information content (AvgIpc) is 1.63. The summed E-state index contributed by atoms with van der Waals surface area (Å²) in [6.45, 7) is 2.85. The van der Waals surface area contributed by atoms with E-state index in [1.807, 2.05) is 6.07 Å². The van der Waals surface area contributed by atoms with Gasteiger partial charge in [-0.05, 0) is 140 Å². The smallest absolute Gasteiger partial charge is 0.418 e. The molecule has 5 rings (SSSR count). The number of carbonyl (C=O) groups is 12. The topological polar surface area (TPSA) is 567 Å². The molecule has 0 aliphatic carbocycles. The first-order chi connectivity index (χ1) is 48.7. The Hall–Kier alpha value is -9.50. The molecule has 1 aliphatic heterocycles. The first kappa shape index (κ1) is 83.2. The zero-order valence-electron chi connectivity index (χ0n) is 57.5. The zero-order valence-corrected chi connectivity index (χ0v) is 58.3. The van der Waals surface area contributed by atoms with Crippen LogP contribution in [0.3, 0.4) is 0 Å². The number of hydrogen-bond acceptors (Lipinski definition) is 24. The second-order valence-corrected chi connectivity index (χ2v) is 25.5. The Kier molecular flexibility index (Phi) is 34.3. The summed E-state index contributed by atoms with van der Waals surface area (Å²) in [5, 5.41) is 63.8. The molecule has 4 aromatic rings. The first-order valence-corrected chi connectivity index (χ1v) is 34.2. The molecule has 102 heavy (non-hydrogen) atoms. The van der Waals surface area contributed by atoms with E-state index in [2.05, 4.69) is 68.8 Å². The molecule has 1 fully saturated rings. The number of nitrogens with two attached hydrogens (primary N) is 5. The molecule has 1 saturated heterocycles. The summed E-state index contributed by atoms with van der Waals surface area (Å²) in [6, 6.07) is 4.00. The molecule has 7 unspecified atom stereocenters. The monoisotopic (exact) mass is 1440 g/mol. The van der Waals surface area contributed by atoms with Crippen LogP contribution in [-0.2, 0) is 52.7 Å². The molecule has 11 amide bonds. The van der Waals surface area contributed by atoms with Crippen LogP contribution in [0.25, 0.3) is 23.1 Å². The number of aliphatic hydroxyl groups excluding tert-OH is 3. The van der Waals surface area contributed by atoms with Crippen LogP contribution in [0.15, 0.2) is 82.8 Å². The lowest BCUT2D eigenvalue weighted by molar-refractivity contribution is -0.137. The van der Waals surface area contributed by atoms with Crippen LogP contribution in [0.5, 0.6) is 0 Å². The highest BCUT2D eigenvalue weighted by molar-refractivity contribution is 7.99. The molecule has 12 atom stereocenters. The third-order valence-corrected chi connectivity index (χ3v) is 17.0. The van der Waals surface area contributed by atoms with E-state index in [0.717, 1.165) is 6.92 Å². The molecular formula is C66H97N19O16S. The number of aromatic nitrogens is 2. The van der Waals surface area contributed by atoms with Gasteiger partial charge in [0.1, 0.15) is 48.5 Å². The Morgan fingerprint density at radius 2 is 1.37 bits per heavy atom. The summed E-state index contributed by atoms with van der Waals surface area (Å²) in [7, 11) is 1.52. The minimum Gasteiger partial charge on any atom is -0.439 e. The van der Waals surface area contributed by atoms with Gasteiger partial charge in [0.15, 0.2) is 6.61 Å². The number of rotatable bonds is 28. The van der Waals surface area contributed by atoms with E-state index < -0.39 is 164 Å². The molecule has 2 aromatic heterocycles. The van der Waals surface area contributed by atoms with E-state index in [9.17, 15) is 72.9 Å². The zero-order chi connectivity index (χ0) is 75.2. The van der Waals surface area contributed by atoms with E-state index in [0.29, 0.717) is 37.5 Å². The molecule has 1 aliphatic rings. The number of carbonyl (C=O) groups excluding carboxylic acids is 12. The highest BCUT2D eigenvalue weighted by Gasteiger charge is 2.37. The summed E-state index contributed by atoms with van der Waals surface area (Å²) < 4.78 is 6.68. The Morgan fingerprint density at radius 1 is 0.706 bits per heavy atom. The SMILES string of the molecule is CNC(=O)c1ccccc1Sc1ccc2c(/C=C/c3ccccn3)cn(C(=O)OCC(=O)N[C@H](CCN)C(=O)NC(C(=O)N[C@H](CCN)C(=O)N[C@@H]3CCNC(=O)C(C(C)O)NC(=O)C(CCN)N[C@H](O)C(CCN)NC(=O)C(CC(C)C)NC(=O)CNC(=O)C(CCN)NC3=O)[C@H](C)O)c2c1. The van der Waals surface area contributed by atoms with Gasteiger partial charge in [-0.15, -0.1) is 0 Å². The fraction of sp³-hybridized carbons (Fsp3) is 0.500. The molecule has 25 N–H and O–H groups in total. The molecule has 2 aromatic carbocycles. The quantitative estimate of drug-likeness (QED) is 0.0253. The number of pyridine rings is 1. The predicted molar refractivity (Wildman–Crippen MR) is 376 cm³/mol. The number of fused-ring (bicyclic) bond motifs is 1. The number of hydrogen-bond donors (Lipinski definition) is 20. The van der Waals surface area contributed by atoms with Gasteiger partial charge < -0.3 is 107 Å². The third-order valence-electron chi connectivity index (χ3n) is 15.9. The largest absolute Gasteiger partial charge is 0.439 e. The lowest BCUT2D eigenvalue weighted by atomic mass is 10.0. The standard InChI is InChI=1S/C66H97N19O16S/c1-35(2)30-49-63(97)80-45(19-25-69)58(92)79-47(21-27-71)62(96)83-54(36(3)86)64(98)74-29-22-48(60(94)78-43(17-23-67)57(91)75-32-52(88)77-49)81-59(93)46(20-26-70)82-65(99)55(37(4)87)84-61(95)44(18-24-68)76-53(89)34-101-66(100)85-33-38(13-14-39-10-8-9-28-73-39)41-16-15-40(31-50(41)85)102-51-12-7-6-11-42(51)56(90)72-5/h6-16,28,31,33,35-37,43-49,54-55,58,79,86-87,92H,17-27,29-30,32,34,67-71H2,1-5H3,(H,72,90)(H,74,98)(H,75,91)(H,76,89)(H,77,88)(H,78,94)(H,80,97)(H,81,93)(H,82,99)(H,83,96)(H,84,95)/b14-13+/t36?,37-,43?,44+,45?,46+,47?,48+,49?,54?,55?,58+/m0/s1. The van der Waals surface area contributed by atoms with Gasteiger partial charge in [-0.25, -0.2) is 4.79 Å². The fourth-order valence-electron chi connectivity index (χ4n) is 10.6. The minimum absolute atomic E-state index is 0.0312. The maximum atomic E-state index is 14.4. The van der Waals surface area contributed by atoms with Crippen LogP contribution in [0, 0.1) is 5.92 Å². The number of amides is 11. The van der Waals surface area contributed by atoms with Crippen molar-refractivity contribution in [3.8, 4) is 0 Å². The Balaban J connectivity index is 1.35. The van der Waals surface area contributed by atoms with E-state index in [4.69, 9.17) is 33.4 Å². The van der Waals surface area contributed by atoms with Crippen LogP contribution in [0.2, 0.25) is 0 Å². The van der Waals surface area contributed by atoms with Crippen molar-refractivity contribution in [3.05, 3.63) is 89.9 Å². The van der Waals surface area contributed by atoms with Crippen LogP contribution in [0.4, 0.5) is 4.79 Å². The van der Waals surface area contributed by atoms with Gasteiger partial charge in [0.05, 0.1) is 47.6 Å². The summed E-state index contributed by atoms with van der Waals surface area (Å²) in [5.74, 6) is -10.3. The Bertz CT molecular complexity index is 3560. The van der Waals surface area contributed by atoms with E-state index >= 15 is 0 Å². The molecule has 0 saturated carbocycles. The minimum atomic E-state index is -1.86. The van der Waals surface area contributed by atoms with Crippen molar-refractivity contribution in [2.75, 3.05) is 59.5 Å². The lowest BCUT2D eigenvalue weighted by Gasteiger charge is -2.31. The van der Waals surface area contributed by atoms with Gasteiger partial charge in [-0.3, -0.25) is 67.6 Å². The predicted octanol–water partition coefficient (Wildman–Crippen LogP) is -4.96. The van der Waals surface area contributed by atoms with Gasteiger partial charge in [0.2, 0.25) is 53.2 Å². The van der Waals surface area contributed by atoms with Crippen molar-refractivity contribution in [2.24, 2.45) is 34.6 Å². The maximum Gasteiger partial charge on any atom is 0.418 e. The summed E-state index contributed by atoms with van der Waals surface area (Å²) in [4.78, 5) is 171. The Labute approximate surface area is 593 Å². The number of nitrogens with zero attached hydrogens (tertiary/aromatic N) is 2. The molecule has 558 valence electrons. The number of benzene rings is 2. The second kappa shape index (κ2) is 42.0. The van der Waals surface area contributed by atoms with Gasteiger partial charge in [-0.1, -0.05) is 56.0 Å². The first-order valence-electron chi connectivity index (χ1n) is 33.3. The molecule has 0 spiro atoms. The van der Waals surface area contributed by atoms with Crippen molar-refractivity contribution in [2.45, 2.75) is 155 Å². The molecule has 36 heteroatoms. The molecule has 0 bridgehead atoms.